The van der Waals surface area contributed by atoms with E-state index in [1.807, 2.05) is 0 Å². The van der Waals surface area contributed by atoms with E-state index in [-0.39, 0.29) is 11.1 Å². The lowest BCUT2D eigenvalue weighted by atomic mass is 9.97. The molecule has 2 aromatic heterocycles. The molecule has 0 amide bonds. The molecular weight excluding hydrogens is 332 g/mol. The lowest BCUT2D eigenvalue weighted by Gasteiger charge is -2.09. The maximum Gasteiger partial charge on any atom is 0.282 e. The van der Waals surface area contributed by atoms with Crippen LogP contribution in [0, 0.1) is 11.6 Å². The van der Waals surface area contributed by atoms with Gasteiger partial charge in [-0.3, -0.25) is 4.79 Å². The molecule has 2 heterocycles. The van der Waals surface area contributed by atoms with Gasteiger partial charge in [-0.15, -0.1) is 11.3 Å². The molecule has 4 rings (SSSR count). The summed E-state index contributed by atoms with van der Waals surface area (Å²) in [6.45, 7) is 0. The highest BCUT2D eigenvalue weighted by atomic mass is 32.1. The molecule has 0 aliphatic heterocycles. The van der Waals surface area contributed by atoms with Crippen LogP contribution in [-0.4, -0.2) is 15.9 Å². The molecule has 7 heteroatoms. The minimum atomic E-state index is -0.728. The molecule has 0 radical (unpaired) electrons. The van der Waals surface area contributed by atoms with Gasteiger partial charge in [-0.05, 0) is 43.4 Å². The van der Waals surface area contributed by atoms with E-state index in [4.69, 9.17) is 0 Å². The summed E-state index contributed by atoms with van der Waals surface area (Å²) in [6.07, 6.45) is 6.60. The van der Waals surface area contributed by atoms with Crippen LogP contribution in [0.15, 0.2) is 34.4 Å². The van der Waals surface area contributed by atoms with Gasteiger partial charge in [0.15, 0.2) is 0 Å². The third kappa shape index (κ3) is 2.54. The minimum absolute atomic E-state index is 0.107. The molecule has 0 bridgehead atoms. The van der Waals surface area contributed by atoms with Gasteiger partial charge in [-0.2, -0.15) is 9.78 Å². The molecular formula is C17H13F2N3OS. The topological polar surface area (TPSA) is 47.2 Å². The summed E-state index contributed by atoms with van der Waals surface area (Å²) in [5, 5.41) is 4.62. The summed E-state index contributed by atoms with van der Waals surface area (Å²) < 4.78 is 27.7. The van der Waals surface area contributed by atoms with Crippen LogP contribution in [0.4, 0.5) is 8.78 Å². The number of aromatic nitrogens is 2. The molecule has 24 heavy (non-hydrogen) atoms. The fourth-order valence-electron chi connectivity index (χ4n) is 2.95. The number of thiophene rings is 1. The van der Waals surface area contributed by atoms with Crippen molar-refractivity contribution in [1.29, 1.82) is 0 Å². The standard InChI is InChI=1S/C17H13F2N3OS/c18-11-6-5-10(13(19)7-11)8-21-22-9-20-16-15(17(22)23)12-3-1-2-4-14(12)24-16/h5-9H,1-4H2. The van der Waals surface area contributed by atoms with Crippen LogP contribution in [0.1, 0.15) is 28.8 Å². The molecule has 4 nitrogen and oxygen atoms in total. The summed E-state index contributed by atoms with van der Waals surface area (Å²) in [5.41, 5.74) is 0.935. The Morgan fingerprint density at radius 3 is 2.92 bits per heavy atom. The van der Waals surface area contributed by atoms with Gasteiger partial charge in [0.1, 0.15) is 22.8 Å². The van der Waals surface area contributed by atoms with Crippen LogP contribution in [0.5, 0.6) is 0 Å². The Bertz CT molecular complexity index is 1020. The van der Waals surface area contributed by atoms with Crippen molar-refractivity contribution in [2.75, 3.05) is 0 Å². The second-order valence-corrected chi connectivity index (χ2v) is 6.78. The predicted octanol–water partition coefficient (Wildman–Crippen LogP) is 3.50. The van der Waals surface area contributed by atoms with Crippen molar-refractivity contribution in [2.45, 2.75) is 25.7 Å². The third-order valence-electron chi connectivity index (χ3n) is 4.14. The van der Waals surface area contributed by atoms with Crippen molar-refractivity contribution in [3.05, 3.63) is 62.5 Å². The number of halogens is 2. The van der Waals surface area contributed by atoms with Crippen molar-refractivity contribution < 1.29 is 8.78 Å². The molecule has 1 aliphatic rings. The van der Waals surface area contributed by atoms with E-state index in [1.54, 1.807) is 11.3 Å². The first-order chi connectivity index (χ1) is 11.6. The molecule has 0 saturated carbocycles. The molecule has 0 saturated heterocycles. The van der Waals surface area contributed by atoms with Crippen molar-refractivity contribution in [2.24, 2.45) is 5.10 Å². The van der Waals surface area contributed by atoms with Crippen LogP contribution in [0.3, 0.4) is 0 Å². The second-order valence-electron chi connectivity index (χ2n) is 5.70. The second kappa shape index (κ2) is 5.90. The number of hydrogen-bond acceptors (Lipinski definition) is 4. The Balaban J connectivity index is 1.78. The van der Waals surface area contributed by atoms with Gasteiger partial charge in [0.2, 0.25) is 0 Å². The number of nitrogens with zero attached hydrogens (tertiary/aromatic N) is 3. The SMILES string of the molecule is O=c1c2c3c(sc2ncn1N=Cc1ccc(F)cc1F)CCCC3. The fraction of sp³-hybridized carbons (Fsp3) is 0.235. The highest BCUT2D eigenvalue weighted by Gasteiger charge is 2.19. The first-order valence-electron chi connectivity index (χ1n) is 7.65. The Kier molecular flexibility index (Phi) is 3.72. The van der Waals surface area contributed by atoms with Crippen LogP contribution in [-0.2, 0) is 12.8 Å². The summed E-state index contributed by atoms with van der Waals surface area (Å²) in [7, 11) is 0. The quantitative estimate of drug-likeness (QED) is 0.668. The molecule has 0 N–H and O–H groups in total. The lowest BCUT2D eigenvalue weighted by molar-refractivity contribution is 0.582. The smallest absolute Gasteiger partial charge is 0.267 e. The van der Waals surface area contributed by atoms with Gasteiger partial charge < -0.3 is 0 Å². The fourth-order valence-corrected chi connectivity index (χ4v) is 4.17. The van der Waals surface area contributed by atoms with Gasteiger partial charge in [-0.25, -0.2) is 13.8 Å². The van der Waals surface area contributed by atoms with E-state index < -0.39 is 11.6 Å². The molecule has 1 aliphatic carbocycles. The van der Waals surface area contributed by atoms with E-state index in [9.17, 15) is 13.6 Å². The maximum atomic E-state index is 13.6. The molecule has 0 unspecified atom stereocenters. The van der Waals surface area contributed by atoms with Crippen molar-refractivity contribution >= 4 is 27.8 Å². The summed E-state index contributed by atoms with van der Waals surface area (Å²) in [6, 6.07) is 3.20. The lowest BCUT2D eigenvalue weighted by Crippen LogP contribution is -2.18. The number of fused-ring (bicyclic) bond motifs is 3. The highest BCUT2D eigenvalue weighted by molar-refractivity contribution is 7.18. The molecule has 3 aromatic rings. The third-order valence-corrected chi connectivity index (χ3v) is 5.34. The van der Waals surface area contributed by atoms with E-state index in [2.05, 4.69) is 10.1 Å². The zero-order valence-corrected chi connectivity index (χ0v) is 13.4. The number of benzene rings is 1. The van der Waals surface area contributed by atoms with E-state index in [0.717, 1.165) is 52.9 Å². The number of rotatable bonds is 2. The van der Waals surface area contributed by atoms with E-state index in [0.29, 0.717) is 5.39 Å². The molecule has 0 atom stereocenters. The van der Waals surface area contributed by atoms with Gasteiger partial charge >= 0.3 is 0 Å². The van der Waals surface area contributed by atoms with Crippen molar-refractivity contribution in [1.82, 2.24) is 9.66 Å². The number of hydrogen-bond donors (Lipinski definition) is 0. The molecule has 0 fully saturated rings. The monoisotopic (exact) mass is 345 g/mol. The average molecular weight is 345 g/mol. The molecule has 1 aromatic carbocycles. The Morgan fingerprint density at radius 2 is 2.08 bits per heavy atom. The van der Waals surface area contributed by atoms with Crippen molar-refractivity contribution in [3.63, 3.8) is 0 Å². The zero-order valence-electron chi connectivity index (χ0n) is 12.6. The Labute approximate surface area is 140 Å². The summed E-state index contributed by atoms with van der Waals surface area (Å²) in [5.74, 6) is -1.39. The summed E-state index contributed by atoms with van der Waals surface area (Å²) >= 11 is 1.56. The summed E-state index contributed by atoms with van der Waals surface area (Å²) in [4.78, 5) is 19.0. The molecule has 122 valence electrons. The maximum absolute atomic E-state index is 13.6. The van der Waals surface area contributed by atoms with Gasteiger partial charge in [0.05, 0.1) is 11.6 Å². The number of aryl methyl sites for hydroxylation is 2. The normalized spacial score (nSPS) is 14.4. The van der Waals surface area contributed by atoms with Gasteiger partial charge in [0, 0.05) is 16.5 Å². The zero-order chi connectivity index (χ0) is 16.7. The van der Waals surface area contributed by atoms with Gasteiger partial charge in [-0.1, -0.05) is 0 Å². The highest BCUT2D eigenvalue weighted by Crippen LogP contribution is 2.33. The van der Waals surface area contributed by atoms with E-state index >= 15 is 0 Å². The van der Waals surface area contributed by atoms with Gasteiger partial charge in [0.25, 0.3) is 5.56 Å². The Hall–Kier alpha value is -2.41. The molecule has 0 spiro atoms. The predicted molar refractivity (Wildman–Crippen MR) is 89.9 cm³/mol. The Morgan fingerprint density at radius 1 is 1.25 bits per heavy atom. The van der Waals surface area contributed by atoms with Crippen LogP contribution < -0.4 is 5.56 Å². The van der Waals surface area contributed by atoms with Crippen molar-refractivity contribution in [3.8, 4) is 0 Å². The van der Waals surface area contributed by atoms with Crippen LogP contribution in [0.2, 0.25) is 0 Å². The van der Waals surface area contributed by atoms with Crippen LogP contribution >= 0.6 is 11.3 Å². The first-order valence-corrected chi connectivity index (χ1v) is 8.46. The first kappa shape index (κ1) is 15.1. The minimum Gasteiger partial charge on any atom is -0.267 e. The largest absolute Gasteiger partial charge is 0.282 e. The van der Waals surface area contributed by atoms with Crippen LogP contribution in [0.25, 0.3) is 10.2 Å². The average Bonchev–Trinajstić information content (AvgIpc) is 2.95. The van der Waals surface area contributed by atoms with E-state index in [1.165, 1.54) is 23.5 Å².